The fourth-order valence-corrected chi connectivity index (χ4v) is 4.68. The topological polar surface area (TPSA) is 32.3 Å². The second-order valence-electron chi connectivity index (χ2n) is 8.37. The van der Waals surface area contributed by atoms with Gasteiger partial charge in [0.25, 0.3) is 0 Å². The van der Waals surface area contributed by atoms with E-state index in [0.717, 1.165) is 18.3 Å². The second kappa shape index (κ2) is 5.37. The molecule has 1 aliphatic carbocycles. The van der Waals surface area contributed by atoms with Crippen LogP contribution in [0.15, 0.2) is 0 Å². The number of aliphatic hydroxyl groups excluding tert-OH is 1. The zero-order valence-corrected chi connectivity index (χ0v) is 13.5. The lowest BCUT2D eigenvalue weighted by atomic mass is 9.66. The summed E-state index contributed by atoms with van der Waals surface area (Å²) in [5.41, 5.74) is 0.0932. The van der Waals surface area contributed by atoms with Gasteiger partial charge in [-0.25, -0.2) is 0 Å². The summed E-state index contributed by atoms with van der Waals surface area (Å²) in [7, 11) is 0. The third-order valence-electron chi connectivity index (χ3n) is 5.62. The van der Waals surface area contributed by atoms with Crippen LogP contribution in [0.2, 0.25) is 0 Å². The molecule has 0 amide bonds. The largest absolute Gasteiger partial charge is 0.393 e. The quantitative estimate of drug-likeness (QED) is 0.799. The summed E-state index contributed by atoms with van der Waals surface area (Å²) in [6.45, 7) is 11.4. The highest BCUT2D eigenvalue weighted by Gasteiger charge is 2.46. The van der Waals surface area contributed by atoms with Crippen LogP contribution in [0.1, 0.15) is 73.1 Å². The fraction of sp³-hybridized carbons (Fsp3) is 1.00. The molecule has 1 heterocycles. The number of piperidine rings is 1. The minimum Gasteiger partial charge on any atom is -0.393 e. The first kappa shape index (κ1) is 15.3. The molecule has 2 rings (SSSR count). The van der Waals surface area contributed by atoms with E-state index >= 15 is 0 Å². The molecule has 4 atom stereocenters. The first-order chi connectivity index (χ1) is 8.71. The fourth-order valence-electron chi connectivity index (χ4n) is 4.68. The Balaban J connectivity index is 2.06. The van der Waals surface area contributed by atoms with Crippen molar-refractivity contribution in [1.29, 1.82) is 0 Å². The highest BCUT2D eigenvalue weighted by Crippen LogP contribution is 2.42. The van der Waals surface area contributed by atoms with E-state index in [4.69, 9.17) is 0 Å². The van der Waals surface area contributed by atoms with Crippen molar-refractivity contribution in [2.24, 2.45) is 17.8 Å². The molecule has 0 aromatic heterocycles. The van der Waals surface area contributed by atoms with Gasteiger partial charge in [-0.1, -0.05) is 32.6 Å². The number of nitrogens with one attached hydrogen (secondary N) is 1. The van der Waals surface area contributed by atoms with Gasteiger partial charge in [-0.2, -0.15) is 0 Å². The lowest BCUT2D eigenvalue weighted by Gasteiger charge is -2.52. The van der Waals surface area contributed by atoms with Crippen LogP contribution in [0.5, 0.6) is 0 Å². The van der Waals surface area contributed by atoms with E-state index in [0.29, 0.717) is 5.92 Å². The van der Waals surface area contributed by atoms with Gasteiger partial charge in [0.1, 0.15) is 0 Å². The maximum absolute atomic E-state index is 10.6. The van der Waals surface area contributed by atoms with E-state index in [-0.39, 0.29) is 17.2 Å². The molecule has 0 spiro atoms. The van der Waals surface area contributed by atoms with Gasteiger partial charge in [-0.3, -0.25) is 0 Å². The molecular formula is C17H33NO. The number of hydrogen-bond donors (Lipinski definition) is 2. The Kier molecular flexibility index (Phi) is 4.32. The first-order valence-corrected chi connectivity index (χ1v) is 8.19. The van der Waals surface area contributed by atoms with E-state index in [1.54, 1.807) is 0 Å². The summed E-state index contributed by atoms with van der Waals surface area (Å²) in [6.07, 6.45) is 7.45. The van der Waals surface area contributed by atoms with Gasteiger partial charge in [-0.05, 0) is 52.4 Å². The maximum atomic E-state index is 10.6. The van der Waals surface area contributed by atoms with Crippen molar-refractivity contribution in [3.8, 4) is 0 Å². The van der Waals surface area contributed by atoms with Gasteiger partial charge in [0.2, 0.25) is 0 Å². The molecule has 0 aromatic rings. The van der Waals surface area contributed by atoms with E-state index in [9.17, 15) is 5.11 Å². The van der Waals surface area contributed by atoms with Gasteiger partial charge in [0, 0.05) is 17.0 Å². The van der Waals surface area contributed by atoms with Crippen molar-refractivity contribution in [2.75, 3.05) is 0 Å². The average Bonchev–Trinajstić information content (AvgIpc) is 2.23. The van der Waals surface area contributed by atoms with Crippen LogP contribution in [-0.4, -0.2) is 22.3 Å². The summed E-state index contributed by atoms with van der Waals surface area (Å²) >= 11 is 0. The smallest absolute Gasteiger partial charge is 0.0603 e. The molecule has 2 nitrogen and oxygen atoms in total. The molecule has 4 unspecified atom stereocenters. The van der Waals surface area contributed by atoms with Crippen molar-refractivity contribution in [3.05, 3.63) is 0 Å². The van der Waals surface area contributed by atoms with Gasteiger partial charge >= 0.3 is 0 Å². The average molecular weight is 267 g/mol. The van der Waals surface area contributed by atoms with E-state index in [2.05, 4.69) is 39.9 Å². The van der Waals surface area contributed by atoms with Crippen molar-refractivity contribution in [1.82, 2.24) is 5.32 Å². The predicted octanol–water partition coefficient (Wildman–Crippen LogP) is 3.73. The van der Waals surface area contributed by atoms with Crippen molar-refractivity contribution in [2.45, 2.75) is 90.3 Å². The molecule has 2 fully saturated rings. The maximum Gasteiger partial charge on any atom is 0.0603 e. The minimum absolute atomic E-state index is 0.0400. The van der Waals surface area contributed by atoms with Crippen molar-refractivity contribution < 1.29 is 5.11 Å². The molecule has 2 heteroatoms. The predicted molar refractivity (Wildman–Crippen MR) is 81.1 cm³/mol. The Morgan fingerprint density at radius 3 is 2.32 bits per heavy atom. The highest BCUT2D eigenvalue weighted by atomic mass is 16.3. The molecule has 1 saturated heterocycles. The Morgan fingerprint density at radius 1 is 1.11 bits per heavy atom. The third-order valence-corrected chi connectivity index (χ3v) is 5.62. The molecule has 0 bridgehead atoms. The first-order valence-electron chi connectivity index (χ1n) is 8.19. The summed E-state index contributed by atoms with van der Waals surface area (Å²) in [6, 6.07) is 0. The van der Waals surface area contributed by atoms with Crippen LogP contribution in [-0.2, 0) is 0 Å². The van der Waals surface area contributed by atoms with Gasteiger partial charge in [-0.15, -0.1) is 0 Å². The zero-order valence-electron chi connectivity index (χ0n) is 13.5. The Morgan fingerprint density at radius 2 is 1.74 bits per heavy atom. The second-order valence-corrected chi connectivity index (χ2v) is 8.37. The van der Waals surface area contributed by atoms with Gasteiger partial charge < -0.3 is 10.4 Å². The molecule has 0 radical (unpaired) electrons. The third kappa shape index (κ3) is 3.52. The number of aliphatic hydroxyl groups is 1. The normalized spacial score (nSPS) is 42.0. The summed E-state index contributed by atoms with van der Waals surface area (Å²) in [4.78, 5) is 0. The lowest BCUT2D eigenvalue weighted by Crippen LogP contribution is -2.64. The zero-order chi connectivity index (χ0) is 14.3. The van der Waals surface area contributed by atoms with Crippen LogP contribution in [0, 0.1) is 17.8 Å². The van der Waals surface area contributed by atoms with E-state index < -0.39 is 0 Å². The Bertz CT molecular complexity index is 310. The summed E-state index contributed by atoms with van der Waals surface area (Å²) in [5.74, 6) is 2.05. The molecular weight excluding hydrogens is 234 g/mol. The molecule has 2 N–H and O–H groups in total. The van der Waals surface area contributed by atoms with Gasteiger partial charge in [0.05, 0.1) is 6.10 Å². The van der Waals surface area contributed by atoms with E-state index in [1.165, 1.54) is 32.1 Å². The summed E-state index contributed by atoms with van der Waals surface area (Å²) < 4.78 is 0. The SMILES string of the molecule is CC1CCCCC1CC1C(O)CC(C)(C)NC1(C)C. The Hall–Kier alpha value is -0.0800. The molecule has 112 valence electrons. The summed E-state index contributed by atoms with van der Waals surface area (Å²) in [5, 5.41) is 14.4. The molecule has 0 aromatic carbocycles. The van der Waals surface area contributed by atoms with Crippen molar-refractivity contribution in [3.63, 3.8) is 0 Å². The highest BCUT2D eigenvalue weighted by molar-refractivity contribution is 5.03. The van der Waals surface area contributed by atoms with Gasteiger partial charge in [0.15, 0.2) is 0 Å². The molecule has 1 aliphatic heterocycles. The van der Waals surface area contributed by atoms with Crippen LogP contribution in [0.25, 0.3) is 0 Å². The van der Waals surface area contributed by atoms with Crippen LogP contribution in [0.4, 0.5) is 0 Å². The van der Waals surface area contributed by atoms with E-state index in [1.807, 2.05) is 0 Å². The van der Waals surface area contributed by atoms with Crippen LogP contribution in [0.3, 0.4) is 0 Å². The van der Waals surface area contributed by atoms with Crippen LogP contribution < -0.4 is 5.32 Å². The number of rotatable bonds is 2. The minimum atomic E-state index is -0.152. The number of hydrogen-bond acceptors (Lipinski definition) is 2. The molecule has 19 heavy (non-hydrogen) atoms. The monoisotopic (exact) mass is 267 g/mol. The molecule has 2 aliphatic rings. The lowest BCUT2D eigenvalue weighted by molar-refractivity contribution is -0.0375. The van der Waals surface area contributed by atoms with Crippen molar-refractivity contribution >= 4 is 0 Å². The standard InChI is InChI=1S/C17H33NO/c1-12-8-6-7-9-13(12)10-14-15(19)11-16(2,3)18-17(14,4)5/h12-15,18-19H,6-11H2,1-5H3. The molecule has 1 saturated carbocycles. The Labute approximate surface area is 119 Å². The van der Waals surface area contributed by atoms with Crippen LogP contribution >= 0.6 is 0 Å².